The average molecular weight is 988 g/mol. The van der Waals surface area contributed by atoms with E-state index in [2.05, 4.69) is 267 Å². The van der Waals surface area contributed by atoms with E-state index < -0.39 is 0 Å². The predicted octanol–water partition coefficient (Wildman–Crippen LogP) is 19.2. The van der Waals surface area contributed by atoms with Crippen LogP contribution >= 0.6 is 0 Å². The van der Waals surface area contributed by atoms with Gasteiger partial charge in [0.05, 0.1) is 55.8 Å². The highest BCUT2D eigenvalue weighted by molar-refractivity contribution is 6.39. The van der Waals surface area contributed by atoms with Crippen molar-refractivity contribution in [3.05, 3.63) is 249 Å². The van der Waals surface area contributed by atoms with Gasteiger partial charge in [-0.15, -0.1) is 0 Å². The van der Waals surface area contributed by atoms with Crippen molar-refractivity contribution in [2.45, 2.75) is 0 Å². The third kappa shape index (κ3) is 5.04. The SMILES string of the molecule is c1ccc(-n2c3ccccc3c3cc(-c4cccc5c6c7ccccc7cc7c8c9c%10cccc%11c%12cc%13ccccc%13c(-c%13ccc%14c(c%13)c%13ccccc%13n%14-c%13ccccc%13)c%12n(c9ncc8n(c45)c76)c%11%10)ccc32)cc1. The molecule has 0 saturated carbocycles. The number of hydrogen-bond acceptors (Lipinski definition) is 1. The molecule has 0 saturated heterocycles. The highest BCUT2D eigenvalue weighted by atomic mass is 15.0. The maximum absolute atomic E-state index is 5.71. The maximum atomic E-state index is 5.71. The van der Waals surface area contributed by atoms with Gasteiger partial charge in [-0.3, -0.25) is 4.40 Å². The highest BCUT2D eigenvalue weighted by Crippen LogP contribution is 2.52. The molecular weight excluding hydrogens is 947 g/mol. The van der Waals surface area contributed by atoms with Crippen LogP contribution in [-0.2, 0) is 0 Å². The fourth-order valence-corrected chi connectivity index (χ4v) is 14.5. The molecule has 5 nitrogen and oxygen atoms in total. The minimum absolute atomic E-state index is 0.977. The summed E-state index contributed by atoms with van der Waals surface area (Å²) in [5, 5.41) is 19.8. The lowest BCUT2D eigenvalue weighted by Gasteiger charge is -2.12. The maximum Gasteiger partial charge on any atom is 0.146 e. The molecule has 0 aliphatic carbocycles. The smallest absolute Gasteiger partial charge is 0.146 e. The van der Waals surface area contributed by atoms with E-state index in [0.717, 1.165) is 22.5 Å². The Kier molecular flexibility index (Phi) is 7.68. The molecule has 0 bridgehead atoms. The fraction of sp³-hybridized carbons (Fsp3) is 0. The van der Waals surface area contributed by atoms with Crippen molar-refractivity contribution < 1.29 is 0 Å². The van der Waals surface area contributed by atoms with Crippen LogP contribution in [0.15, 0.2) is 249 Å². The zero-order valence-electron chi connectivity index (χ0n) is 41.9. The zero-order chi connectivity index (χ0) is 50.5. The van der Waals surface area contributed by atoms with Crippen LogP contribution < -0.4 is 0 Å². The Morgan fingerprint density at radius 2 is 0.795 bits per heavy atom. The van der Waals surface area contributed by atoms with Crippen LogP contribution in [-0.4, -0.2) is 22.9 Å². The molecule has 358 valence electrons. The molecule has 0 amide bonds. The van der Waals surface area contributed by atoms with E-state index in [0.29, 0.717) is 0 Å². The topological polar surface area (TPSA) is 31.6 Å². The summed E-state index contributed by atoms with van der Waals surface area (Å²) < 4.78 is 9.89. The molecule has 7 aromatic heterocycles. The summed E-state index contributed by atoms with van der Waals surface area (Å²) >= 11 is 0. The monoisotopic (exact) mass is 987 g/mol. The van der Waals surface area contributed by atoms with E-state index in [4.69, 9.17) is 4.98 Å². The van der Waals surface area contributed by atoms with Crippen molar-refractivity contribution in [1.82, 2.24) is 22.9 Å². The van der Waals surface area contributed by atoms with Gasteiger partial charge < -0.3 is 13.5 Å². The molecule has 19 rings (SSSR count). The molecule has 0 fully saturated rings. The first kappa shape index (κ1) is 40.8. The lowest BCUT2D eigenvalue weighted by molar-refractivity contribution is 1.18. The van der Waals surface area contributed by atoms with Crippen molar-refractivity contribution in [3.63, 3.8) is 0 Å². The van der Waals surface area contributed by atoms with Crippen molar-refractivity contribution >= 4 is 141 Å². The number of benzene rings is 12. The summed E-state index contributed by atoms with van der Waals surface area (Å²) in [4.78, 5) is 5.71. The molecule has 19 aromatic rings. The van der Waals surface area contributed by atoms with Gasteiger partial charge in [-0.25, -0.2) is 4.98 Å². The van der Waals surface area contributed by atoms with Crippen LogP contribution in [0.2, 0.25) is 0 Å². The van der Waals surface area contributed by atoms with E-state index in [-0.39, 0.29) is 0 Å². The van der Waals surface area contributed by atoms with Gasteiger partial charge in [-0.1, -0.05) is 170 Å². The van der Waals surface area contributed by atoms with Gasteiger partial charge in [0.2, 0.25) is 0 Å². The van der Waals surface area contributed by atoms with E-state index in [9.17, 15) is 0 Å². The Labute approximate surface area is 444 Å². The second-order valence-electron chi connectivity index (χ2n) is 21.4. The van der Waals surface area contributed by atoms with E-state index in [1.807, 2.05) is 0 Å². The summed E-state index contributed by atoms with van der Waals surface area (Å²) in [5.41, 5.74) is 18.8. The molecule has 78 heavy (non-hydrogen) atoms. The average Bonchev–Trinajstić information content (AvgIpc) is 3.64. The normalized spacial score (nSPS) is 12.6. The van der Waals surface area contributed by atoms with Crippen LogP contribution in [0.4, 0.5) is 0 Å². The summed E-state index contributed by atoms with van der Waals surface area (Å²) in [5.74, 6) is 0. The van der Waals surface area contributed by atoms with Crippen LogP contribution in [0.1, 0.15) is 0 Å². The molecule has 0 spiro atoms. The summed E-state index contributed by atoms with van der Waals surface area (Å²) in [6, 6.07) is 89.9. The zero-order valence-corrected chi connectivity index (χ0v) is 41.9. The molecule has 0 atom stereocenters. The van der Waals surface area contributed by atoms with Crippen LogP contribution in [0.25, 0.3) is 175 Å². The predicted molar refractivity (Wildman–Crippen MR) is 328 cm³/mol. The number of para-hydroxylation sites is 6. The number of rotatable bonds is 4. The molecular formula is C73H41N5. The standard InChI is InChI=1S/C73H41N5/c1-3-19-46(20-4-1)75-60-31-13-11-25-51(60)56-37-44(33-35-62(56)75)50-27-15-29-54-66-49-24-10-8-18-43(49)39-59-67-64(77(69(50)54)72(59)66)41-74-73-68(67)55-30-16-28-53-58-38-42-17-7-9-23-48(42)65(71(58)78(73)70(53)55)45-34-36-63-57(40-45)52-26-12-14-32-61(52)76(63)47-21-5-2-6-22-47/h1-41H. The van der Waals surface area contributed by atoms with Gasteiger partial charge in [0.25, 0.3) is 0 Å². The second-order valence-corrected chi connectivity index (χ2v) is 21.4. The second kappa shape index (κ2) is 14.7. The number of aromatic nitrogens is 5. The van der Waals surface area contributed by atoms with Gasteiger partial charge in [-0.05, 0) is 105 Å². The minimum atomic E-state index is 0.977. The number of nitrogens with zero attached hydrogens (tertiary/aromatic N) is 5. The number of pyridine rings is 1. The molecule has 0 aliphatic rings. The Hall–Kier alpha value is -10.5. The lowest BCUT2D eigenvalue weighted by Crippen LogP contribution is -1.93. The summed E-state index contributed by atoms with van der Waals surface area (Å²) in [6.07, 6.45) is 2.18. The van der Waals surface area contributed by atoms with Crippen molar-refractivity contribution in [2.24, 2.45) is 0 Å². The Bertz CT molecular complexity index is 5790. The lowest BCUT2D eigenvalue weighted by atomic mass is 9.93. The Morgan fingerprint density at radius 3 is 1.50 bits per heavy atom. The van der Waals surface area contributed by atoms with Gasteiger partial charge >= 0.3 is 0 Å². The van der Waals surface area contributed by atoms with Gasteiger partial charge in [0, 0.05) is 87.1 Å². The third-order valence-corrected chi connectivity index (χ3v) is 17.6. The molecule has 0 unspecified atom stereocenters. The first-order valence-electron chi connectivity index (χ1n) is 27.0. The van der Waals surface area contributed by atoms with Crippen molar-refractivity contribution in [1.29, 1.82) is 0 Å². The van der Waals surface area contributed by atoms with E-state index in [1.54, 1.807) is 0 Å². The van der Waals surface area contributed by atoms with Crippen molar-refractivity contribution in [3.8, 4) is 33.6 Å². The largest absolute Gasteiger partial charge is 0.309 e. The van der Waals surface area contributed by atoms with Crippen LogP contribution in [0.5, 0.6) is 0 Å². The van der Waals surface area contributed by atoms with Gasteiger partial charge in [0.15, 0.2) is 0 Å². The third-order valence-electron chi connectivity index (χ3n) is 17.6. The highest BCUT2D eigenvalue weighted by Gasteiger charge is 2.29. The minimum Gasteiger partial charge on any atom is -0.309 e. The van der Waals surface area contributed by atoms with Crippen LogP contribution in [0.3, 0.4) is 0 Å². The van der Waals surface area contributed by atoms with Crippen molar-refractivity contribution in [2.75, 3.05) is 0 Å². The molecule has 5 heteroatoms. The molecule has 7 heterocycles. The quantitative estimate of drug-likeness (QED) is 0.173. The number of fused-ring (bicyclic) bond motifs is 22. The number of hydrogen-bond donors (Lipinski definition) is 0. The molecule has 0 aliphatic heterocycles. The molecule has 0 radical (unpaired) electrons. The Balaban J connectivity index is 0.930. The first-order chi connectivity index (χ1) is 38.7. The summed E-state index contributed by atoms with van der Waals surface area (Å²) in [7, 11) is 0. The molecule has 12 aromatic carbocycles. The van der Waals surface area contributed by atoms with E-state index in [1.165, 1.54) is 153 Å². The van der Waals surface area contributed by atoms with E-state index >= 15 is 0 Å². The van der Waals surface area contributed by atoms with Gasteiger partial charge in [0.1, 0.15) is 5.65 Å². The molecule has 0 N–H and O–H groups in total. The van der Waals surface area contributed by atoms with Crippen LogP contribution in [0, 0.1) is 0 Å². The first-order valence-corrected chi connectivity index (χ1v) is 27.0. The Morgan fingerprint density at radius 1 is 0.269 bits per heavy atom. The summed E-state index contributed by atoms with van der Waals surface area (Å²) in [6.45, 7) is 0. The van der Waals surface area contributed by atoms with Gasteiger partial charge in [-0.2, -0.15) is 0 Å². The fourth-order valence-electron chi connectivity index (χ4n) is 14.5.